The Morgan fingerprint density at radius 3 is 2.67 bits per heavy atom. The van der Waals surface area contributed by atoms with Crippen LogP contribution in [-0.4, -0.2) is 23.6 Å². The zero-order valence-corrected chi connectivity index (χ0v) is 17.1. The lowest BCUT2D eigenvalue weighted by Gasteiger charge is -2.40. The summed E-state index contributed by atoms with van der Waals surface area (Å²) in [5, 5.41) is 6.71. The third-order valence-corrected chi connectivity index (χ3v) is 6.17. The summed E-state index contributed by atoms with van der Waals surface area (Å²) in [6.45, 7) is 2.90. The molecule has 2 aromatic rings. The number of aryl methyl sites for hydroxylation is 1. The average molecular weight is 429 g/mol. The first-order chi connectivity index (χ1) is 13.0. The Labute approximate surface area is 168 Å². The van der Waals surface area contributed by atoms with Crippen molar-refractivity contribution in [2.24, 2.45) is 0 Å². The molecule has 0 radical (unpaired) electrons. The monoisotopic (exact) mass is 428 g/mol. The molecule has 4 rings (SSSR count). The van der Waals surface area contributed by atoms with E-state index in [1.165, 1.54) is 5.56 Å². The van der Waals surface area contributed by atoms with Crippen LogP contribution in [0.2, 0.25) is 0 Å². The number of ether oxygens (including phenoxy) is 1. The maximum Gasteiger partial charge on any atom is 0.268 e. The summed E-state index contributed by atoms with van der Waals surface area (Å²) in [6.07, 6.45) is 4.52. The van der Waals surface area contributed by atoms with Crippen LogP contribution in [0.25, 0.3) is 0 Å². The van der Waals surface area contributed by atoms with Gasteiger partial charge in [0.15, 0.2) is 5.60 Å². The maximum absolute atomic E-state index is 13.4. The lowest BCUT2D eigenvalue weighted by molar-refractivity contribution is -0.135. The smallest absolute Gasteiger partial charge is 0.268 e. The molecule has 2 fully saturated rings. The van der Waals surface area contributed by atoms with Crippen LogP contribution in [0.1, 0.15) is 38.2 Å². The Balaban J connectivity index is 1.60. The van der Waals surface area contributed by atoms with E-state index in [9.17, 15) is 4.79 Å². The van der Waals surface area contributed by atoms with Crippen LogP contribution >= 0.6 is 15.9 Å². The first-order valence-electron chi connectivity index (χ1n) is 9.63. The van der Waals surface area contributed by atoms with Crippen LogP contribution in [0.15, 0.2) is 53.0 Å². The van der Waals surface area contributed by atoms with E-state index in [1.807, 2.05) is 42.5 Å². The van der Waals surface area contributed by atoms with Gasteiger partial charge in [-0.15, -0.1) is 0 Å². The molecule has 27 heavy (non-hydrogen) atoms. The fourth-order valence-corrected chi connectivity index (χ4v) is 4.17. The number of amides is 1. The Hall–Kier alpha value is -1.85. The number of anilines is 1. The summed E-state index contributed by atoms with van der Waals surface area (Å²) >= 11 is 3.45. The standard InChI is InChI=1S/C22H25BrN2O2/c1-2-16-4-3-5-18(14-16)25-20(26)22(12-13-24-21(15-22)10-11-21)27-19-8-6-17(23)7-9-19/h3-9,14,24H,2,10-13,15H2,1H3,(H,25,26)/t22-/m0/s1. The van der Waals surface area contributed by atoms with Gasteiger partial charge in [0.2, 0.25) is 0 Å². The number of benzene rings is 2. The molecule has 1 aliphatic carbocycles. The second kappa shape index (κ2) is 7.28. The summed E-state index contributed by atoms with van der Waals surface area (Å²) in [6, 6.07) is 15.8. The van der Waals surface area contributed by atoms with E-state index in [-0.39, 0.29) is 11.4 Å². The first-order valence-corrected chi connectivity index (χ1v) is 10.4. The van der Waals surface area contributed by atoms with Gasteiger partial charge in [-0.2, -0.15) is 0 Å². The number of nitrogens with one attached hydrogen (secondary N) is 2. The zero-order valence-electron chi connectivity index (χ0n) is 15.6. The predicted octanol–water partition coefficient (Wildman–Crippen LogP) is 4.68. The molecule has 0 bridgehead atoms. The third-order valence-electron chi connectivity index (χ3n) is 5.64. The van der Waals surface area contributed by atoms with Crippen molar-refractivity contribution in [1.29, 1.82) is 0 Å². The van der Waals surface area contributed by atoms with Crippen molar-refractivity contribution in [1.82, 2.24) is 5.32 Å². The average Bonchev–Trinajstić information content (AvgIpc) is 3.42. The molecule has 142 valence electrons. The Morgan fingerprint density at radius 2 is 1.96 bits per heavy atom. The number of hydrogen-bond donors (Lipinski definition) is 2. The summed E-state index contributed by atoms with van der Waals surface area (Å²) < 4.78 is 7.39. The van der Waals surface area contributed by atoms with E-state index >= 15 is 0 Å². The van der Waals surface area contributed by atoms with Crippen molar-refractivity contribution in [3.63, 3.8) is 0 Å². The topological polar surface area (TPSA) is 50.4 Å². The van der Waals surface area contributed by atoms with Crippen LogP contribution in [0.3, 0.4) is 0 Å². The molecule has 0 unspecified atom stereocenters. The lowest BCUT2D eigenvalue weighted by atomic mass is 9.84. The van der Waals surface area contributed by atoms with E-state index < -0.39 is 5.60 Å². The highest BCUT2D eigenvalue weighted by Crippen LogP contribution is 2.47. The summed E-state index contributed by atoms with van der Waals surface area (Å²) in [7, 11) is 0. The minimum Gasteiger partial charge on any atom is -0.477 e. The minimum absolute atomic E-state index is 0.0496. The van der Waals surface area contributed by atoms with Gasteiger partial charge >= 0.3 is 0 Å². The number of hydrogen-bond acceptors (Lipinski definition) is 3. The number of carbonyl (C=O) groups is 1. The Bertz CT molecular complexity index is 832. The summed E-state index contributed by atoms with van der Waals surface area (Å²) in [4.78, 5) is 13.4. The van der Waals surface area contributed by atoms with Gasteiger partial charge in [0.25, 0.3) is 5.91 Å². The van der Waals surface area contributed by atoms with Gasteiger partial charge in [0, 0.05) is 28.5 Å². The molecule has 5 heteroatoms. The molecule has 1 saturated carbocycles. The van der Waals surface area contributed by atoms with Gasteiger partial charge in [-0.1, -0.05) is 35.0 Å². The van der Waals surface area contributed by atoms with Crippen molar-refractivity contribution in [2.75, 3.05) is 11.9 Å². The fourth-order valence-electron chi connectivity index (χ4n) is 3.90. The minimum atomic E-state index is -0.849. The quantitative estimate of drug-likeness (QED) is 0.726. The first kappa shape index (κ1) is 18.5. The molecule has 2 aliphatic rings. The molecule has 1 spiro atoms. The molecule has 0 aromatic heterocycles. The second-order valence-corrected chi connectivity index (χ2v) is 8.61. The van der Waals surface area contributed by atoms with Crippen molar-refractivity contribution < 1.29 is 9.53 Å². The lowest BCUT2D eigenvalue weighted by Crippen LogP contribution is -2.58. The molecular formula is C22H25BrN2O2. The van der Waals surface area contributed by atoms with E-state index in [4.69, 9.17) is 4.74 Å². The van der Waals surface area contributed by atoms with Crippen molar-refractivity contribution in [2.45, 2.75) is 50.2 Å². The van der Waals surface area contributed by atoms with Crippen molar-refractivity contribution in [3.05, 3.63) is 58.6 Å². The molecule has 2 N–H and O–H groups in total. The third kappa shape index (κ3) is 4.04. The largest absolute Gasteiger partial charge is 0.477 e. The molecular weight excluding hydrogens is 404 g/mol. The Kier molecular flexibility index (Phi) is 4.99. The predicted molar refractivity (Wildman–Crippen MR) is 111 cm³/mol. The fraction of sp³-hybridized carbons (Fsp3) is 0.409. The highest BCUT2D eigenvalue weighted by Gasteiger charge is 2.56. The van der Waals surface area contributed by atoms with E-state index in [0.29, 0.717) is 12.8 Å². The van der Waals surface area contributed by atoms with Crippen LogP contribution in [0, 0.1) is 0 Å². The molecule has 1 atom stereocenters. The molecule has 1 saturated heterocycles. The summed E-state index contributed by atoms with van der Waals surface area (Å²) in [5.74, 6) is 0.680. The highest BCUT2D eigenvalue weighted by molar-refractivity contribution is 9.10. The van der Waals surface area contributed by atoms with Crippen molar-refractivity contribution in [3.8, 4) is 5.75 Å². The van der Waals surface area contributed by atoms with Crippen LogP contribution < -0.4 is 15.4 Å². The molecule has 1 amide bonds. The van der Waals surface area contributed by atoms with Gasteiger partial charge in [0.05, 0.1) is 0 Å². The van der Waals surface area contributed by atoms with E-state index in [1.54, 1.807) is 0 Å². The van der Waals surface area contributed by atoms with Gasteiger partial charge in [-0.25, -0.2) is 0 Å². The van der Waals surface area contributed by atoms with Crippen LogP contribution in [-0.2, 0) is 11.2 Å². The Morgan fingerprint density at radius 1 is 1.19 bits per heavy atom. The number of carbonyl (C=O) groups excluding carboxylic acids is 1. The van der Waals surface area contributed by atoms with Crippen molar-refractivity contribution >= 4 is 27.5 Å². The normalized spacial score (nSPS) is 23.0. The number of halogens is 1. The molecule has 1 aliphatic heterocycles. The zero-order chi connectivity index (χ0) is 18.9. The van der Waals surface area contributed by atoms with Crippen LogP contribution in [0.4, 0.5) is 5.69 Å². The molecule has 2 aromatic carbocycles. The van der Waals surface area contributed by atoms with Crippen LogP contribution in [0.5, 0.6) is 5.75 Å². The van der Waals surface area contributed by atoms with Gasteiger partial charge in [-0.3, -0.25) is 4.79 Å². The van der Waals surface area contributed by atoms with E-state index in [2.05, 4.69) is 39.6 Å². The van der Waals surface area contributed by atoms with Gasteiger partial charge in [0.1, 0.15) is 5.75 Å². The van der Waals surface area contributed by atoms with Gasteiger partial charge in [-0.05, 0) is 67.8 Å². The number of rotatable bonds is 5. The molecule has 4 nitrogen and oxygen atoms in total. The highest BCUT2D eigenvalue weighted by atomic mass is 79.9. The van der Waals surface area contributed by atoms with E-state index in [0.717, 1.165) is 41.7 Å². The maximum atomic E-state index is 13.4. The van der Waals surface area contributed by atoms with Gasteiger partial charge < -0.3 is 15.4 Å². The molecule has 1 heterocycles. The SMILES string of the molecule is CCc1cccc(NC(=O)[C@]2(Oc3ccc(Br)cc3)CCNC3(CC3)C2)c1. The number of piperidine rings is 1. The summed E-state index contributed by atoms with van der Waals surface area (Å²) in [5.41, 5.74) is 1.26. The second-order valence-electron chi connectivity index (χ2n) is 7.69.